The summed E-state index contributed by atoms with van der Waals surface area (Å²) in [5.74, 6) is 6.65. The molecular weight excluding hydrogens is 228 g/mol. The summed E-state index contributed by atoms with van der Waals surface area (Å²) in [6.45, 7) is 4.54. The van der Waals surface area contributed by atoms with Crippen molar-refractivity contribution in [1.82, 2.24) is 0 Å². The summed E-state index contributed by atoms with van der Waals surface area (Å²) in [4.78, 5) is 0. The molecule has 0 rings (SSSR count). The molecule has 0 atom stereocenters. The third kappa shape index (κ3) is 17.6. The molecule has 0 aliphatic rings. The van der Waals surface area contributed by atoms with Crippen LogP contribution in [0, 0.1) is 11.8 Å². The van der Waals surface area contributed by atoms with E-state index in [1.807, 2.05) is 0 Å². The van der Waals surface area contributed by atoms with Gasteiger partial charge in [-0.2, -0.15) is 0 Å². The van der Waals surface area contributed by atoms with Gasteiger partial charge >= 0.3 is 0 Å². The Morgan fingerprint density at radius 3 is 1.16 bits per heavy atom. The highest BCUT2D eigenvalue weighted by molar-refractivity contribution is 4.98. The van der Waals surface area contributed by atoms with E-state index >= 15 is 0 Å². The molecule has 0 nitrogen and oxygen atoms in total. The van der Waals surface area contributed by atoms with E-state index in [1.165, 1.54) is 83.5 Å². The van der Waals surface area contributed by atoms with Gasteiger partial charge in [0.2, 0.25) is 0 Å². The van der Waals surface area contributed by atoms with Crippen molar-refractivity contribution in [3.05, 3.63) is 0 Å². The van der Waals surface area contributed by atoms with Crippen LogP contribution in [0.3, 0.4) is 0 Å². The normalized spacial score (nSPS) is 10.2. The maximum absolute atomic E-state index is 3.33. The topological polar surface area (TPSA) is 0 Å². The second-order valence-corrected chi connectivity index (χ2v) is 5.74. The zero-order valence-corrected chi connectivity index (χ0v) is 13.6. The Labute approximate surface area is 122 Å². The van der Waals surface area contributed by atoms with Gasteiger partial charge in [-0.15, -0.1) is 11.8 Å². The van der Waals surface area contributed by atoms with Crippen LogP contribution in [0.25, 0.3) is 0 Å². The van der Waals surface area contributed by atoms with E-state index in [9.17, 15) is 0 Å². The van der Waals surface area contributed by atoms with E-state index in [0.717, 1.165) is 12.8 Å². The van der Waals surface area contributed by atoms with Gasteiger partial charge in [0.15, 0.2) is 0 Å². The molecule has 19 heavy (non-hydrogen) atoms. The third-order valence-electron chi connectivity index (χ3n) is 3.69. The van der Waals surface area contributed by atoms with Gasteiger partial charge in [0, 0.05) is 12.8 Å². The molecule has 0 fully saturated rings. The second kappa shape index (κ2) is 17.6. The van der Waals surface area contributed by atoms with Crippen LogP contribution in [-0.4, -0.2) is 0 Å². The molecule has 0 aromatic rings. The average molecular weight is 264 g/mol. The van der Waals surface area contributed by atoms with E-state index in [4.69, 9.17) is 0 Å². The minimum atomic E-state index is 1.12. The van der Waals surface area contributed by atoms with Crippen molar-refractivity contribution in [3.63, 3.8) is 0 Å². The van der Waals surface area contributed by atoms with Crippen LogP contribution in [-0.2, 0) is 0 Å². The van der Waals surface area contributed by atoms with Crippen molar-refractivity contribution in [1.29, 1.82) is 0 Å². The molecule has 0 radical (unpaired) electrons. The molecule has 0 heterocycles. The standard InChI is InChI=1S/C19H36/c1-3-5-7-9-11-13-15-17-19-18-16-14-12-10-8-6-4-2/h3-13,15,17-19H2,1-2H3. The molecule has 112 valence electrons. The summed E-state index contributed by atoms with van der Waals surface area (Å²) in [6.07, 6.45) is 20.3. The summed E-state index contributed by atoms with van der Waals surface area (Å²) in [5.41, 5.74) is 0. The Hall–Kier alpha value is -0.440. The molecule has 0 aliphatic heterocycles. The third-order valence-corrected chi connectivity index (χ3v) is 3.69. The SMILES string of the molecule is CCCCCCC#CCCCCCCCCCCC. The number of rotatable bonds is 13. The first kappa shape index (κ1) is 18.6. The smallest absolute Gasteiger partial charge is 0.00886 e. The average Bonchev–Trinajstić information content (AvgIpc) is 2.43. The van der Waals surface area contributed by atoms with E-state index in [-0.39, 0.29) is 0 Å². The van der Waals surface area contributed by atoms with Gasteiger partial charge in [-0.1, -0.05) is 84.5 Å². The second-order valence-electron chi connectivity index (χ2n) is 5.74. The van der Waals surface area contributed by atoms with Crippen LogP contribution >= 0.6 is 0 Å². The van der Waals surface area contributed by atoms with Crippen molar-refractivity contribution < 1.29 is 0 Å². The predicted octanol–water partition coefficient (Wildman–Crippen LogP) is 6.88. The van der Waals surface area contributed by atoms with Gasteiger partial charge in [0.1, 0.15) is 0 Å². The number of hydrogen-bond donors (Lipinski definition) is 0. The summed E-state index contributed by atoms with van der Waals surface area (Å²) in [5, 5.41) is 0. The quantitative estimate of drug-likeness (QED) is 0.251. The summed E-state index contributed by atoms with van der Waals surface area (Å²) in [6, 6.07) is 0. The largest absolute Gasteiger partial charge is 0.103 e. The summed E-state index contributed by atoms with van der Waals surface area (Å²) >= 11 is 0. The predicted molar refractivity (Wildman–Crippen MR) is 88.4 cm³/mol. The lowest BCUT2D eigenvalue weighted by Gasteiger charge is -2.00. The molecule has 0 unspecified atom stereocenters. The van der Waals surface area contributed by atoms with Crippen LogP contribution < -0.4 is 0 Å². The first-order chi connectivity index (χ1) is 9.41. The minimum Gasteiger partial charge on any atom is -0.103 e. The molecule has 0 aromatic carbocycles. The molecular formula is C19H36. The fourth-order valence-corrected chi connectivity index (χ4v) is 2.34. The van der Waals surface area contributed by atoms with Crippen molar-refractivity contribution in [3.8, 4) is 11.8 Å². The lowest BCUT2D eigenvalue weighted by molar-refractivity contribution is 0.567. The highest BCUT2D eigenvalue weighted by Gasteiger charge is 1.91. The molecule has 0 aromatic heterocycles. The molecule has 0 saturated carbocycles. The van der Waals surface area contributed by atoms with Gasteiger partial charge in [-0.25, -0.2) is 0 Å². The molecule has 0 aliphatic carbocycles. The highest BCUT2D eigenvalue weighted by atomic mass is 14.0. The lowest BCUT2D eigenvalue weighted by atomic mass is 10.1. The monoisotopic (exact) mass is 264 g/mol. The van der Waals surface area contributed by atoms with Crippen LogP contribution in [0.5, 0.6) is 0 Å². The molecule has 0 bridgehead atoms. The van der Waals surface area contributed by atoms with Crippen molar-refractivity contribution in [2.24, 2.45) is 0 Å². The fourth-order valence-electron chi connectivity index (χ4n) is 2.34. The molecule has 0 spiro atoms. The molecule has 0 N–H and O–H groups in total. The van der Waals surface area contributed by atoms with Crippen LogP contribution in [0.2, 0.25) is 0 Å². The summed E-state index contributed by atoms with van der Waals surface area (Å²) < 4.78 is 0. The van der Waals surface area contributed by atoms with Crippen LogP contribution in [0.4, 0.5) is 0 Å². The Morgan fingerprint density at radius 2 is 0.737 bits per heavy atom. The van der Waals surface area contributed by atoms with Crippen LogP contribution in [0.15, 0.2) is 0 Å². The zero-order chi connectivity index (χ0) is 14.0. The van der Waals surface area contributed by atoms with E-state index < -0.39 is 0 Å². The van der Waals surface area contributed by atoms with Crippen LogP contribution in [0.1, 0.15) is 110 Å². The Bertz CT molecular complexity index is 206. The number of unbranched alkanes of at least 4 members (excludes halogenated alkanes) is 13. The van der Waals surface area contributed by atoms with Gasteiger partial charge in [0.25, 0.3) is 0 Å². The summed E-state index contributed by atoms with van der Waals surface area (Å²) in [7, 11) is 0. The highest BCUT2D eigenvalue weighted by Crippen LogP contribution is 2.10. The van der Waals surface area contributed by atoms with E-state index in [0.29, 0.717) is 0 Å². The van der Waals surface area contributed by atoms with Gasteiger partial charge in [-0.05, 0) is 12.8 Å². The fraction of sp³-hybridized carbons (Fsp3) is 0.895. The van der Waals surface area contributed by atoms with E-state index in [2.05, 4.69) is 25.7 Å². The van der Waals surface area contributed by atoms with Gasteiger partial charge < -0.3 is 0 Å². The van der Waals surface area contributed by atoms with Crippen molar-refractivity contribution in [2.45, 2.75) is 110 Å². The Morgan fingerprint density at radius 1 is 0.421 bits per heavy atom. The molecule has 0 saturated heterocycles. The number of hydrogen-bond acceptors (Lipinski definition) is 0. The maximum atomic E-state index is 3.33. The molecule has 0 heteroatoms. The van der Waals surface area contributed by atoms with Gasteiger partial charge in [0.05, 0.1) is 0 Å². The Balaban J connectivity index is 3.04. The first-order valence-electron chi connectivity index (χ1n) is 8.87. The maximum Gasteiger partial charge on any atom is 0.00886 e. The van der Waals surface area contributed by atoms with Gasteiger partial charge in [-0.3, -0.25) is 0 Å². The zero-order valence-electron chi connectivity index (χ0n) is 13.6. The first-order valence-corrected chi connectivity index (χ1v) is 8.87. The Kier molecular flexibility index (Phi) is 17.2. The molecule has 0 amide bonds. The van der Waals surface area contributed by atoms with E-state index in [1.54, 1.807) is 0 Å². The van der Waals surface area contributed by atoms with Crippen molar-refractivity contribution >= 4 is 0 Å². The minimum absolute atomic E-state index is 1.12. The van der Waals surface area contributed by atoms with Crippen molar-refractivity contribution in [2.75, 3.05) is 0 Å². The lowest BCUT2D eigenvalue weighted by Crippen LogP contribution is -1.81.